The molecule has 0 aromatic carbocycles. The van der Waals surface area contributed by atoms with Crippen molar-refractivity contribution < 1.29 is 14.7 Å². The Morgan fingerprint density at radius 1 is 1.33 bits per heavy atom. The lowest BCUT2D eigenvalue weighted by Gasteiger charge is -2.44. The van der Waals surface area contributed by atoms with E-state index in [1.165, 1.54) is 0 Å². The lowest BCUT2D eigenvalue weighted by molar-refractivity contribution is -0.160. The summed E-state index contributed by atoms with van der Waals surface area (Å²) in [6.45, 7) is 1.10. The van der Waals surface area contributed by atoms with Crippen LogP contribution in [0.2, 0.25) is 0 Å². The largest absolute Gasteiger partial charge is 0.393 e. The number of amides is 2. The highest BCUT2D eigenvalue weighted by atomic mass is 16.3. The lowest BCUT2D eigenvalue weighted by atomic mass is 9.96. The number of nitrogens with zero attached hydrogens (tertiary/aromatic N) is 3. The van der Waals surface area contributed by atoms with Crippen molar-refractivity contribution in [2.24, 2.45) is 0 Å². The van der Waals surface area contributed by atoms with Gasteiger partial charge in [0.25, 0.3) is 0 Å². The molecule has 0 aliphatic carbocycles. The number of aliphatic hydroxyl groups is 1. The van der Waals surface area contributed by atoms with Crippen LogP contribution < -0.4 is 0 Å². The van der Waals surface area contributed by atoms with Crippen molar-refractivity contribution in [3.8, 4) is 0 Å². The molecule has 112 valence electrons. The van der Waals surface area contributed by atoms with Gasteiger partial charge < -0.3 is 14.9 Å². The quantitative estimate of drug-likeness (QED) is 0.837. The van der Waals surface area contributed by atoms with Gasteiger partial charge in [-0.3, -0.25) is 14.6 Å². The maximum absolute atomic E-state index is 12.5. The Morgan fingerprint density at radius 3 is 2.95 bits per heavy atom. The number of pyridine rings is 1. The molecule has 0 unspecified atom stereocenters. The molecule has 21 heavy (non-hydrogen) atoms. The molecule has 2 atom stereocenters. The van der Waals surface area contributed by atoms with Gasteiger partial charge in [0, 0.05) is 37.8 Å². The Labute approximate surface area is 123 Å². The molecule has 0 radical (unpaired) electrons. The van der Waals surface area contributed by atoms with Gasteiger partial charge in [0.2, 0.25) is 11.8 Å². The SMILES string of the molecule is O=C1[C@@H]2C[C@H](O)CCN2C(=O)CN1CCc1ccccn1. The first-order valence-electron chi connectivity index (χ1n) is 7.31. The van der Waals surface area contributed by atoms with Crippen LogP contribution in [-0.2, 0) is 16.0 Å². The minimum atomic E-state index is -0.487. The molecule has 2 amide bonds. The predicted molar refractivity (Wildman–Crippen MR) is 75.3 cm³/mol. The maximum atomic E-state index is 12.5. The van der Waals surface area contributed by atoms with Crippen LogP contribution in [0.5, 0.6) is 0 Å². The molecule has 1 N–H and O–H groups in total. The van der Waals surface area contributed by atoms with E-state index in [-0.39, 0.29) is 18.4 Å². The van der Waals surface area contributed by atoms with Gasteiger partial charge in [0.05, 0.1) is 12.6 Å². The Bertz CT molecular complexity index is 534. The van der Waals surface area contributed by atoms with Crippen LogP contribution in [0.25, 0.3) is 0 Å². The van der Waals surface area contributed by atoms with E-state index in [0.717, 1.165) is 5.69 Å². The number of rotatable bonds is 3. The number of fused-ring (bicyclic) bond motifs is 1. The van der Waals surface area contributed by atoms with Crippen molar-refractivity contribution in [1.82, 2.24) is 14.8 Å². The molecule has 3 heterocycles. The lowest BCUT2D eigenvalue weighted by Crippen LogP contribution is -2.63. The van der Waals surface area contributed by atoms with E-state index >= 15 is 0 Å². The monoisotopic (exact) mass is 289 g/mol. The summed E-state index contributed by atoms with van der Waals surface area (Å²) in [5.41, 5.74) is 0.906. The number of piperidine rings is 1. The fourth-order valence-electron chi connectivity index (χ4n) is 3.01. The molecule has 6 nitrogen and oxygen atoms in total. The fourth-order valence-corrected chi connectivity index (χ4v) is 3.01. The van der Waals surface area contributed by atoms with Crippen LogP contribution in [0.3, 0.4) is 0 Å². The molecule has 2 aliphatic rings. The Kier molecular flexibility index (Phi) is 3.88. The van der Waals surface area contributed by atoms with Crippen molar-refractivity contribution >= 4 is 11.8 Å². The van der Waals surface area contributed by atoms with E-state index in [1.54, 1.807) is 16.0 Å². The summed E-state index contributed by atoms with van der Waals surface area (Å²) in [7, 11) is 0. The zero-order valence-electron chi connectivity index (χ0n) is 11.8. The number of carbonyl (C=O) groups excluding carboxylic acids is 2. The van der Waals surface area contributed by atoms with Crippen LogP contribution >= 0.6 is 0 Å². The average molecular weight is 289 g/mol. The van der Waals surface area contributed by atoms with Gasteiger partial charge >= 0.3 is 0 Å². The third-order valence-electron chi connectivity index (χ3n) is 4.18. The van der Waals surface area contributed by atoms with Crippen molar-refractivity contribution in [3.05, 3.63) is 30.1 Å². The minimum absolute atomic E-state index is 0.0208. The van der Waals surface area contributed by atoms with E-state index in [2.05, 4.69) is 4.98 Å². The Hall–Kier alpha value is -1.95. The first-order chi connectivity index (χ1) is 10.1. The van der Waals surface area contributed by atoms with E-state index < -0.39 is 12.1 Å². The average Bonchev–Trinajstić information content (AvgIpc) is 2.50. The summed E-state index contributed by atoms with van der Waals surface area (Å²) in [4.78, 5) is 32.0. The van der Waals surface area contributed by atoms with Crippen molar-refractivity contribution in [2.45, 2.75) is 31.4 Å². The smallest absolute Gasteiger partial charge is 0.245 e. The zero-order valence-corrected chi connectivity index (χ0v) is 11.8. The van der Waals surface area contributed by atoms with Gasteiger partial charge in [-0.25, -0.2) is 0 Å². The number of hydrogen-bond acceptors (Lipinski definition) is 4. The molecule has 0 saturated carbocycles. The Morgan fingerprint density at radius 2 is 2.19 bits per heavy atom. The van der Waals surface area contributed by atoms with Crippen molar-refractivity contribution in [2.75, 3.05) is 19.6 Å². The first-order valence-corrected chi connectivity index (χ1v) is 7.31. The summed E-state index contributed by atoms with van der Waals surface area (Å²) in [5, 5.41) is 9.73. The molecular formula is C15H19N3O3. The molecule has 6 heteroatoms. The summed E-state index contributed by atoms with van der Waals surface area (Å²) < 4.78 is 0. The molecule has 1 aromatic heterocycles. The van der Waals surface area contributed by atoms with Gasteiger partial charge in [-0.15, -0.1) is 0 Å². The second-order valence-electron chi connectivity index (χ2n) is 5.61. The van der Waals surface area contributed by atoms with E-state index in [0.29, 0.717) is 32.4 Å². The summed E-state index contributed by atoms with van der Waals surface area (Å²) in [6, 6.07) is 5.18. The number of carbonyl (C=O) groups is 2. The van der Waals surface area contributed by atoms with E-state index in [1.807, 2.05) is 18.2 Å². The minimum Gasteiger partial charge on any atom is -0.393 e. The van der Waals surface area contributed by atoms with E-state index in [9.17, 15) is 14.7 Å². The fraction of sp³-hybridized carbons (Fsp3) is 0.533. The number of aliphatic hydroxyl groups excluding tert-OH is 1. The molecule has 3 rings (SSSR count). The van der Waals surface area contributed by atoms with Crippen LogP contribution in [0.1, 0.15) is 18.5 Å². The molecule has 2 saturated heterocycles. The normalized spacial score (nSPS) is 26.0. The van der Waals surface area contributed by atoms with Crippen molar-refractivity contribution in [1.29, 1.82) is 0 Å². The van der Waals surface area contributed by atoms with Crippen molar-refractivity contribution in [3.63, 3.8) is 0 Å². The van der Waals surface area contributed by atoms with Crippen LogP contribution in [0.15, 0.2) is 24.4 Å². The Balaban J connectivity index is 1.66. The van der Waals surface area contributed by atoms with Gasteiger partial charge in [-0.1, -0.05) is 6.07 Å². The first kappa shape index (κ1) is 14.0. The summed E-state index contributed by atoms with van der Waals surface area (Å²) in [6.07, 6.45) is 2.78. The second-order valence-corrected chi connectivity index (χ2v) is 5.61. The van der Waals surface area contributed by atoms with Crippen LogP contribution in [-0.4, -0.2) is 63.5 Å². The molecule has 0 bridgehead atoms. The van der Waals surface area contributed by atoms with E-state index in [4.69, 9.17) is 0 Å². The van der Waals surface area contributed by atoms with Crippen LogP contribution in [0, 0.1) is 0 Å². The predicted octanol–water partition coefficient (Wildman–Crippen LogP) is -0.182. The molecule has 0 spiro atoms. The summed E-state index contributed by atoms with van der Waals surface area (Å²) >= 11 is 0. The third kappa shape index (κ3) is 2.90. The molecule has 2 aliphatic heterocycles. The topological polar surface area (TPSA) is 73.7 Å². The highest BCUT2D eigenvalue weighted by Crippen LogP contribution is 2.23. The van der Waals surface area contributed by atoms with Gasteiger partial charge in [0.15, 0.2) is 0 Å². The highest BCUT2D eigenvalue weighted by molar-refractivity contribution is 5.95. The number of hydrogen-bond donors (Lipinski definition) is 1. The maximum Gasteiger partial charge on any atom is 0.245 e. The highest BCUT2D eigenvalue weighted by Gasteiger charge is 2.42. The zero-order chi connectivity index (χ0) is 14.8. The molecule has 1 aromatic rings. The molecule has 2 fully saturated rings. The van der Waals surface area contributed by atoms with Gasteiger partial charge in [-0.05, 0) is 18.6 Å². The third-order valence-corrected chi connectivity index (χ3v) is 4.18. The van der Waals surface area contributed by atoms with Gasteiger partial charge in [-0.2, -0.15) is 0 Å². The molecular weight excluding hydrogens is 270 g/mol. The number of piperazine rings is 1. The standard InChI is InChI=1S/C15H19N3O3/c19-12-5-8-18-13(9-12)15(21)17(10-14(18)20)7-4-11-3-1-2-6-16-11/h1-3,6,12-13,19H,4-5,7-10H2/t12-,13+/m1/s1. The summed E-state index contributed by atoms with van der Waals surface area (Å²) in [5.74, 6) is -0.0724. The van der Waals surface area contributed by atoms with Gasteiger partial charge in [0.1, 0.15) is 6.04 Å². The van der Waals surface area contributed by atoms with Crippen LogP contribution in [0.4, 0.5) is 0 Å². The number of aromatic nitrogens is 1. The second kappa shape index (κ2) is 5.81.